The minimum Gasteiger partial charge on any atom is -0.480 e. The maximum Gasteiger partial charge on any atom is 0.323 e. The van der Waals surface area contributed by atoms with E-state index in [1.807, 2.05) is 6.92 Å². The van der Waals surface area contributed by atoms with E-state index in [2.05, 4.69) is 0 Å². The first-order valence-corrected chi connectivity index (χ1v) is 3.26. The van der Waals surface area contributed by atoms with Gasteiger partial charge in [0.15, 0.2) is 0 Å². The maximum absolute atomic E-state index is 10.1. The molecule has 0 bridgehead atoms. The molecule has 11 heavy (non-hydrogen) atoms. The Morgan fingerprint density at radius 2 is 2.09 bits per heavy atom. The summed E-state index contributed by atoms with van der Waals surface area (Å²) in [6.07, 6.45) is 0.262. The number of carbonyl (C=O) groups is 1. The first kappa shape index (κ1) is 13.3. The standard InChI is InChI=1S/C6H13NO3.ClH/c1-2-3-4(8)5(7)6(9)10;/h4-5,8H,2-3,7H2,1H3,(H,9,10);1H/t4-,5+;/m1./s1. The number of aliphatic carboxylic acids is 1. The van der Waals surface area contributed by atoms with Crippen molar-refractivity contribution < 1.29 is 15.0 Å². The van der Waals surface area contributed by atoms with Crippen LogP contribution in [0.5, 0.6) is 0 Å². The summed E-state index contributed by atoms with van der Waals surface area (Å²) in [5.74, 6) is -1.15. The van der Waals surface area contributed by atoms with Crippen molar-refractivity contribution in [2.75, 3.05) is 0 Å². The van der Waals surface area contributed by atoms with Crippen LogP contribution in [-0.4, -0.2) is 28.3 Å². The Kier molecular flexibility index (Phi) is 7.72. The maximum atomic E-state index is 10.1. The lowest BCUT2D eigenvalue weighted by Crippen LogP contribution is -2.41. The average Bonchev–Trinajstić information content (AvgIpc) is 1.87. The second-order valence-electron chi connectivity index (χ2n) is 2.22. The van der Waals surface area contributed by atoms with Crippen LogP contribution in [0.3, 0.4) is 0 Å². The fourth-order valence-electron chi connectivity index (χ4n) is 0.640. The molecular weight excluding hydrogens is 170 g/mol. The van der Waals surface area contributed by atoms with E-state index in [-0.39, 0.29) is 12.4 Å². The van der Waals surface area contributed by atoms with Gasteiger partial charge in [0.25, 0.3) is 0 Å². The highest BCUT2D eigenvalue weighted by molar-refractivity contribution is 5.85. The number of aliphatic hydroxyl groups is 1. The van der Waals surface area contributed by atoms with Crippen LogP contribution in [-0.2, 0) is 4.79 Å². The van der Waals surface area contributed by atoms with Gasteiger partial charge >= 0.3 is 5.97 Å². The summed E-state index contributed by atoms with van der Waals surface area (Å²) < 4.78 is 0. The zero-order valence-corrected chi connectivity index (χ0v) is 7.17. The summed E-state index contributed by atoms with van der Waals surface area (Å²) in [4.78, 5) is 10.1. The van der Waals surface area contributed by atoms with Gasteiger partial charge in [-0.15, -0.1) is 12.4 Å². The monoisotopic (exact) mass is 183 g/mol. The summed E-state index contributed by atoms with van der Waals surface area (Å²) in [5, 5.41) is 17.3. The molecule has 0 unspecified atom stereocenters. The smallest absolute Gasteiger partial charge is 0.323 e. The van der Waals surface area contributed by atoms with Gasteiger partial charge in [-0.3, -0.25) is 4.79 Å². The highest BCUT2D eigenvalue weighted by atomic mass is 35.5. The molecule has 0 saturated heterocycles. The largest absolute Gasteiger partial charge is 0.480 e. The predicted octanol–water partition coefficient (Wildman–Crippen LogP) is -0.0189. The normalized spacial score (nSPS) is 14.8. The van der Waals surface area contributed by atoms with Gasteiger partial charge in [0.2, 0.25) is 0 Å². The van der Waals surface area contributed by atoms with Crippen LogP contribution in [0, 0.1) is 0 Å². The van der Waals surface area contributed by atoms with Crippen LogP contribution in [0.1, 0.15) is 19.8 Å². The molecule has 4 N–H and O–H groups in total. The molecule has 0 spiro atoms. The van der Waals surface area contributed by atoms with E-state index in [0.717, 1.165) is 6.42 Å². The zero-order chi connectivity index (χ0) is 8.15. The molecule has 4 nitrogen and oxygen atoms in total. The van der Waals surface area contributed by atoms with E-state index in [4.69, 9.17) is 15.9 Å². The Morgan fingerprint density at radius 3 is 2.36 bits per heavy atom. The molecule has 0 aliphatic heterocycles. The molecule has 0 saturated carbocycles. The minimum atomic E-state index is -1.15. The molecule has 0 aromatic carbocycles. The van der Waals surface area contributed by atoms with Crippen molar-refractivity contribution in [3.8, 4) is 0 Å². The molecule has 0 aliphatic rings. The molecule has 68 valence electrons. The van der Waals surface area contributed by atoms with Crippen molar-refractivity contribution in [2.45, 2.75) is 31.9 Å². The van der Waals surface area contributed by atoms with Gasteiger partial charge in [-0.2, -0.15) is 0 Å². The lowest BCUT2D eigenvalue weighted by atomic mass is 10.1. The third-order valence-electron chi connectivity index (χ3n) is 1.28. The van der Waals surface area contributed by atoms with E-state index in [9.17, 15) is 4.79 Å². The van der Waals surface area contributed by atoms with Crippen molar-refractivity contribution in [3.63, 3.8) is 0 Å². The number of hydrogen-bond acceptors (Lipinski definition) is 3. The average molecular weight is 184 g/mol. The molecule has 0 heterocycles. The lowest BCUT2D eigenvalue weighted by Gasteiger charge is -2.12. The van der Waals surface area contributed by atoms with Crippen LogP contribution < -0.4 is 5.73 Å². The fraction of sp³-hybridized carbons (Fsp3) is 0.833. The first-order chi connectivity index (χ1) is 4.59. The molecule has 0 radical (unpaired) electrons. The van der Waals surface area contributed by atoms with E-state index in [1.165, 1.54) is 0 Å². The topological polar surface area (TPSA) is 83.5 Å². The van der Waals surface area contributed by atoms with E-state index in [0.29, 0.717) is 6.42 Å². The van der Waals surface area contributed by atoms with E-state index >= 15 is 0 Å². The molecule has 5 heteroatoms. The van der Waals surface area contributed by atoms with Gasteiger partial charge in [-0.1, -0.05) is 13.3 Å². The van der Waals surface area contributed by atoms with Gasteiger partial charge in [0.1, 0.15) is 6.04 Å². The van der Waals surface area contributed by atoms with Crippen molar-refractivity contribution >= 4 is 18.4 Å². The van der Waals surface area contributed by atoms with Crippen LogP contribution in [0.25, 0.3) is 0 Å². The number of halogens is 1. The molecule has 0 amide bonds. The lowest BCUT2D eigenvalue weighted by molar-refractivity contribution is -0.141. The Balaban J connectivity index is 0. The zero-order valence-electron chi connectivity index (χ0n) is 6.36. The number of nitrogens with two attached hydrogens (primary N) is 1. The molecular formula is C6H14ClNO3. The number of aliphatic hydroxyl groups excluding tert-OH is 1. The summed E-state index contributed by atoms with van der Waals surface area (Å²) >= 11 is 0. The summed E-state index contributed by atoms with van der Waals surface area (Å²) in [5.41, 5.74) is 5.10. The first-order valence-electron chi connectivity index (χ1n) is 3.26. The summed E-state index contributed by atoms with van der Waals surface area (Å²) in [6.45, 7) is 1.86. The van der Waals surface area contributed by atoms with Crippen molar-refractivity contribution in [1.82, 2.24) is 0 Å². The highest BCUT2D eigenvalue weighted by Gasteiger charge is 2.20. The van der Waals surface area contributed by atoms with Crippen LogP contribution in [0.4, 0.5) is 0 Å². The van der Waals surface area contributed by atoms with Gasteiger partial charge in [-0.05, 0) is 6.42 Å². The molecule has 0 aromatic heterocycles. The third-order valence-corrected chi connectivity index (χ3v) is 1.28. The SMILES string of the molecule is CCC[C@@H](O)[C@H](N)C(=O)O.Cl. The number of carboxylic acids is 1. The predicted molar refractivity (Wildman–Crippen MR) is 43.8 cm³/mol. The minimum absolute atomic E-state index is 0. The highest BCUT2D eigenvalue weighted by Crippen LogP contribution is 1.99. The Hall–Kier alpha value is -0.320. The summed E-state index contributed by atoms with van der Waals surface area (Å²) in [7, 11) is 0. The quantitative estimate of drug-likeness (QED) is 0.572. The Bertz CT molecular complexity index is 120. The Morgan fingerprint density at radius 1 is 1.64 bits per heavy atom. The van der Waals surface area contributed by atoms with Crippen molar-refractivity contribution in [2.24, 2.45) is 5.73 Å². The van der Waals surface area contributed by atoms with Gasteiger partial charge in [0.05, 0.1) is 6.10 Å². The van der Waals surface area contributed by atoms with Gasteiger partial charge in [0, 0.05) is 0 Å². The van der Waals surface area contributed by atoms with Crippen LogP contribution in [0.15, 0.2) is 0 Å². The molecule has 0 aliphatic carbocycles. The number of carboxylic acid groups (broad SMARTS) is 1. The molecule has 0 aromatic rings. The number of rotatable bonds is 4. The molecule has 2 atom stereocenters. The fourth-order valence-corrected chi connectivity index (χ4v) is 0.640. The van der Waals surface area contributed by atoms with Gasteiger partial charge < -0.3 is 15.9 Å². The van der Waals surface area contributed by atoms with E-state index in [1.54, 1.807) is 0 Å². The van der Waals surface area contributed by atoms with Crippen molar-refractivity contribution in [3.05, 3.63) is 0 Å². The van der Waals surface area contributed by atoms with E-state index < -0.39 is 18.1 Å². The Labute approximate surface area is 71.8 Å². The van der Waals surface area contributed by atoms with Crippen molar-refractivity contribution in [1.29, 1.82) is 0 Å². The third kappa shape index (κ3) is 5.01. The van der Waals surface area contributed by atoms with Crippen LogP contribution >= 0.6 is 12.4 Å². The van der Waals surface area contributed by atoms with Gasteiger partial charge in [-0.25, -0.2) is 0 Å². The molecule has 0 fully saturated rings. The second kappa shape index (κ2) is 6.39. The van der Waals surface area contributed by atoms with Crippen LogP contribution in [0.2, 0.25) is 0 Å². The summed E-state index contributed by atoms with van der Waals surface area (Å²) in [6, 6.07) is -1.14. The molecule has 0 rings (SSSR count). The number of hydrogen-bond donors (Lipinski definition) is 3. The second-order valence-corrected chi connectivity index (χ2v) is 2.22.